The molecule has 2 N–H and O–H groups in total. The number of allylic oxidation sites excluding steroid dienone is 3. The fourth-order valence-electron chi connectivity index (χ4n) is 3.63. The Morgan fingerprint density at radius 2 is 2.26 bits per heavy atom. The molecule has 0 aliphatic heterocycles. The highest BCUT2D eigenvalue weighted by Crippen LogP contribution is 2.51. The lowest BCUT2D eigenvalue weighted by Crippen LogP contribution is -2.23. The van der Waals surface area contributed by atoms with E-state index in [9.17, 15) is 10.2 Å². The summed E-state index contributed by atoms with van der Waals surface area (Å²) in [6.07, 6.45) is 15.4. The summed E-state index contributed by atoms with van der Waals surface area (Å²) in [5.74, 6) is 0.569. The molecular formula is C17H28O2. The molecule has 2 aliphatic carbocycles. The molecule has 0 aromatic heterocycles. The van der Waals surface area contributed by atoms with Gasteiger partial charge < -0.3 is 10.2 Å². The van der Waals surface area contributed by atoms with Gasteiger partial charge in [-0.25, -0.2) is 0 Å². The molecule has 2 heteroatoms. The second-order valence-electron chi connectivity index (χ2n) is 6.75. The van der Waals surface area contributed by atoms with E-state index >= 15 is 0 Å². The first-order valence-corrected chi connectivity index (χ1v) is 7.73. The summed E-state index contributed by atoms with van der Waals surface area (Å²) < 4.78 is 0. The van der Waals surface area contributed by atoms with Gasteiger partial charge >= 0.3 is 0 Å². The summed E-state index contributed by atoms with van der Waals surface area (Å²) in [5, 5.41) is 20.1. The zero-order chi connectivity index (χ0) is 13.9. The van der Waals surface area contributed by atoms with Crippen molar-refractivity contribution < 1.29 is 10.2 Å². The van der Waals surface area contributed by atoms with Gasteiger partial charge in [0, 0.05) is 5.41 Å². The van der Waals surface area contributed by atoms with Gasteiger partial charge in [-0.1, -0.05) is 44.1 Å². The molecule has 2 aliphatic rings. The van der Waals surface area contributed by atoms with Crippen LogP contribution in [0.1, 0.15) is 58.8 Å². The highest BCUT2D eigenvalue weighted by molar-refractivity contribution is 5.23. The van der Waals surface area contributed by atoms with Crippen molar-refractivity contribution in [1.82, 2.24) is 0 Å². The third-order valence-electron chi connectivity index (χ3n) is 4.81. The van der Waals surface area contributed by atoms with Crippen LogP contribution in [0.4, 0.5) is 0 Å². The van der Waals surface area contributed by atoms with Crippen molar-refractivity contribution in [2.75, 3.05) is 0 Å². The lowest BCUT2D eigenvalue weighted by molar-refractivity contribution is 0.0515. The third-order valence-corrected chi connectivity index (χ3v) is 4.81. The maximum Gasteiger partial charge on any atom is 0.0654 e. The molecule has 1 fully saturated rings. The number of rotatable bonds is 6. The summed E-state index contributed by atoms with van der Waals surface area (Å²) in [7, 11) is 0. The first-order chi connectivity index (χ1) is 8.97. The zero-order valence-corrected chi connectivity index (χ0v) is 12.3. The van der Waals surface area contributed by atoms with Gasteiger partial charge in [0.25, 0.3) is 0 Å². The number of hydrogen-bond acceptors (Lipinski definition) is 2. The number of aliphatic hydroxyl groups excluding tert-OH is 1. The summed E-state index contributed by atoms with van der Waals surface area (Å²) in [4.78, 5) is 0. The van der Waals surface area contributed by atoms with Crippen LogP contribution in [-0.4, -0.2) is 21.9 Å². The molecule has 108 valence electrons. The van der Waals surface area contributed by atoms with Crippen molar-refractivity contribution in [3.05, 3.63) is 24.3 Å². The van der Waals surface area contributed by atoms with E-state index in [0.29, 0.717) is 12.3 Å². The highest BCUT2D eigenvalue weighted by atomic mass is 16.3. The van der Waals surface area contributed by atoms with Crippen LogP contribution in [0.5, 0.6) is 0 Å². The first-order valence-electron chi connectivity index (χ1n) is 7.73. The molecule has 19 heavy (non-hydrogen) atoms. The van der Waals surface area contributed by atoms with Gasteiger partial charge in [-0.15, -0.1) is 0 Å². The molecule has 0 radical (unpaired) electrons. The first kappa shape index (κ1) is 14.8. The summed E-state index contributed by atoms with van der Waals surface area (Å²) in [5.41, 5.74) is -0.515. The molecule has 4 atom stereocenters. The molecule has 0 saturated heterocycles. The Morgan fingerprint density at radius 1 is 1.47 bits per heavy atom. The Morgan fingerprint density at radius 3 is 3.00 bits per heavy atom. The van der Waals surface area contributed by atoms with Gasteiger partial charge in [0.1, 0.15) is 0 Å². The minimum atomic E-state index is -0.585. The Balaban J connectivity index is 1.93. The predicted molar refractivity (Wildman–Crippen MR) is 78.8 cm³/mol. The second-order valence-corrected chi connectivity index (χ2v) is 6.75. The molecular weight excluding hydrogens is 236 g/mol. The monoisotopic (exact) mass is 264 g/mol. The van der Waals surface area contributed by atoms with Crippen LogP contribution in [0.3, 0.4) is 0 Å². The van der Waals surface area contributed by atoms with Gasteiger partial charge in [0.15, 0.2) is 0 Å². The number of fused-ring (bicyclic) bond motifs is 1. The maximum absolute atomic E-state index is 10.3. The average Bonchev–Trinajstić information content (AvgIpc) is 2.82. The normalized spacial score (nSPS) is 36.8. The van der Waals surface area contributed by atoms with Crippen LogP contribution in [0, 0.1) is 11.3 Å². The summed E-state index contributed by atoms with van der Waals surface area (Å²) in [6.45, 7) is 4.08. The van der Waals surface area contributed by atoms with Gasteiger partial charge in [0.05, 0.1) is 11.7 Å². The van der Waals surface area contributed by atoms with Crippen molar-refractivity contribution in [2.24, 2.45) is 11.3 Å². The number of hydrogen-bond donors (Lipinski definition) is 2. The Labute approximate surface area is 117 Å². The van der Waals surface area contributed by atoms with Crippen molar-refractivity contribution >= 4 is 0 Å². The summed E-state index contributed by atoms with van der Waals surface area (Å²) >= 11 is 0. The fraction of sp³-hybridized carbons (Fsp3) is 0.765. The smallest absolute Gasteiger partial charge is 0.0654 e. The molecule has 3 unspecified atom stereocenters. The Bertz CT molecular complexity index is 356. The number of aliphatic hydroxyl groups is 2. The van der Waals surface area contributed by atoms with Crippen molar-refractivity contribution in [2.45, 2.75) is 70.5 Å². The van der Waals surface area contributed by atoms with Crippen LogP contribution in [-0.2, 0) is 0 Å². The summed E-state index contributed by atoms with van der Waals surface area (Å²) in [6, 6.07) is 0. The van der Waals surface area contributed by atoms with Gasteiger partial charge in [-0.05, 0) is 44.9 Å². The van der Waals surface area contributed by atoms with Crippen LogP contribution in [0.25, 0.3) is 0 Å². The molecule has 0 aromatic carbocycles. The van der Waals surface area contributed by atoms with E-state index in [2.05, 4.69) is 31.2 Å². The minimum absolute atomic E-state index is 0.0697. The molecule has 0 heterocycles. The molecule has 2 nitrogen and oxygen atoms in total. The van der Waals surface area contributed by atoms with E-state index in [1.54, 1.807) is 0 Å². The second kappa shape index (κ2) is 5.80. The Hall–Kier alpha value is -0.600. The quantitative estimate of drug-likeness (QED) is 0.720. The lowest BCUT2D eigenvalue weighted by Gasteiger charge is -2.25. The van der Waals surface area contributed by atoms with E-state index in [1.165, 1.54) is 0 Å². The van der Waals surface area contributed by atoms with Crippen LogP contribution >= 0.6 is 0 Å². The van der Waals surface area contributed by atoms with E-state index < -0.39 is 5.60 Å². The average molecular weight is 264 g/mol. The van der Waals surface area contributed by atoms with Gasteiger partial charge in [-0.3, -0.25) is 0 Å². The van der Waals surface area contributed by atoms with E-state index in [1.807, 2.05) is 6.92 Å². The standard InChI is InChI=1S/C17H28O2/c1-3-4-8-16(2,19)9-6-11-17-10-5-7-14(17)12-15(18)13-17/h5-6,10-11,14-15,18-19H,3-4,7-9,12-13H2,1-2H3/b11-6+/t14?,15?,16-,17?/m1/s1. The SMILES string of the molecule is CCCC[C@@](C)(O)C/C=C/C12C=CCC1CC(O)C2. The molecule has 0 amide bonds. The van der Waals surface area contributed by atoms with Crippen molar-refractivity contribution in [3.8, 4) is 0 Å². The zero-order valence-electron chi connectivity index (χ0n) is 12.3. The van der Waals surface area contributed by atoms with E-state index in [0.717, 1.165) is 38.5 Å². The number of unbranched alkanes of at least 4 members (excludes halogenated alkanes) is 1. The largest absolute Gasteiger partial charge is 0.393 e. The van der Waals surface area contributed by atoms with Crippen LogP contribution < -0.4 is 0 Å². The Kier molecular flexibility index (Phi) is 4.52. The van der Waals surface area contributed by atoms with Crippen LogP contribution in [0.15, 0.2) is 24.3 Å². The lowest BCUT2D eigenvalue weighted by atomic mass is 9.80. The molecule has 0 spiro atoms. The molecule has 0 bridgehead atoms. The predicted octanol–water partition coefficient (Wildman–Crippen LogP) is 3.59. The van der Waals surface area contributed by atoms with Crippen molar-refractivity contribution in [3.63, 3.8) is 0 Å². The minimum Gasteiger partial charge on any atom is -0.393 e. The fourth-order valence-corrected chi connectivity index (χ4v) is 3.63. The van der Waals surface area contributed by atoms with E-state index in [-0.39, 0.29) is 11.5 Å². The third kappa shape index (κ3) is 3.49. The topological polar surface area (TPSA) is 40.5 Å². The van der Waals surface area contributed by atoms with Crippen molar-refractivity contribution in [1.29, 1.82) is 0 Å². The van der Waals surface area contributed by atoms with E-state index in [4.69, 9.17) is 0 Å². The molecule has 1 saturated carbocycles. The molecule has 2 rings (SSSR count). The highest BCUT2D eigenvalue weighted by Gasteiger charge is 2.45. The van der Waals surface area contributed by atoms with Gasteiger partial charge in [0.2, 0.25) is 0 Å². The maximum atomic E-state index is 10.3. The van der Waals surface area contributed by atoms with Crippen LogP contribution in [0.2, 0.25) is 0 Å². The van der Waals surface area contributed by atoms with Gasteiger partial charge in [-0.2, -0.15) is 0 Å². The molecule has 0 aromatic rings.